The number of aryl methyl sites for hydroxylation is 1. The molecule has 0 aromatic heterocycles. The Bertz CT molecular complexity index is 569. The summed E-state index contributed by atoms with van der Waals surface area (Å²) in [6.07, 6.45) is 1.84. The molecule has 0 spiro atoms. The van der Waals surface area contributed by atoms with Crippen LogP contribution >= 0.6 is 0 Å². The molecule has 0 saturated carbocycles. The van der Waals surface area contributed by atoms with Gasteiger partial charge in [0.1, 0.15) is 0 Å². The van der Waals surface area contributed by atoms with Crippen LogP contribution in [0.4, 0.5) is 0 Å². The van der Waals surface area contributed by atoms with Crippen LogP contribution in [0.15, 0.2) is 60.7 Å². The Balaban J connectivity index is 1.95. The lowest BCUT2D eigenvalue weighted by atomic mass is 10.0. The Morgan fingerprint density at radius 2 is 1.64 bits per heavy atom. The molecular formula is C19H23NO2. The van der Waals surface area contributed by atoms with Gasteiger partial charge in [-0.05, 0) is 30.9 Å². The van der Waals surface area contributed by atoms with E-state index < -0.39 is 5.97 Å². The Kier molecular flexibility index (Phi) is 6.16. The lowest BCUT2D eigenvalue weighted by Gasteiger charge is -2.22. The Hall–Kier alpha value is -2.13. The highest BCUT2D eigenvalue weighted by molar-refractivity contribution is 5.67. The minimum absolute atomic E-state index is 0.0343. The zero-order valence-electron chi connectivity index (χ0n) is 12.9. The van der Waals surface area contributed by atoms with Gasteiger partial charge < -0.3 is 10.4 Å². The van der Waals surface area contributed by atoms with Crippen molar-refractivity contribution in [3.8, 4) is 0 Å². The second kappa shape index (κ2) is 8.35. The van der Waals surface area contributed by atoms with E-state index in [1.807, 2.05) is 36.4 Å². The largest absolute Gasteiger partial charge is 0.481 e. The van der Waals surface area contributed by atoms with E-state index in [0.29, 0.717) is 0 Å². The summed E-state index contributed by atoms with van der Waals surface area (Å²) in [5.41, 5.74) is 2.42. The van der Waals surface area contributed by atoms with Gasteiger partial charge in [0.25, 0.3) is 0 Å². The smallest absolute Gasteiger partial charge is 0.304 e. The molecule has 0 heterocycles. The first-order valence-corrected chi connectivity index (χ1v) is 7.72. The first-order valence-electron chi connectivity index (χ1n) is 7.72. The number of hydrogen-bond acceptors (Lipinski definition) is 2. The van der Waals surface area contributed by atoms with Gasteiger partial charge in [-0.2, -0.15) is 0 Å². The van der Waals surface area contributed by atoms with E-state index >= 15 is 0 Å². The lowest BCUT2D eigenvalue weighted by Crippen LogP contribution is -2.34. The van der Waals surface area contributed by atoms with Gasteiger partial charge >= 0.3 is 5.97 Å². The van der Waals surface area contributed by atoms with E-state index in [9.17, 15) is 4.79 Å². The van der Waals surface area contributed by atoms with Crippen LogP contribution < -0.4 is 5.32 Å². The van der Waals surface area contributed by atoms with Gasteiger partial charge in [0.15, 0.2) is 0 Å². The molecule has 0 amide bonds. The number of carbonyl (C=O) groups is 1. The van der Waals surface area contributed by atoms with Crippen LogP contribution in [-0.2, 0) is 11.2 Å². The normalized spacial score (nSPS) is 13.5. The summed E-state index contributed by atoms with van der Waals surface area (Å²) in [4.78, 5) is 11.1. The van der Waals surface area contributed by atoms with Crippen LogP contribution in [0.1, 0.15) is 36.9 Å². The number of carboxylic acid groups (broad SMARTS) is 1. The predicted octanol–water partition coefficient (Wildman–Crippen LogP) is 3.81. The fourth-order valence-corrected chi connectivity index (χ4v) is 2.63. The van der Waals surface area contributed by atoms with Crippen LogP contribution in [0.25, 0.3) is 0 Å². The van der Waals surface area contributed by atoms with Crippen molar-refractivity contribution in [2.45, 2.75) is 38.3 Å². The minimum atomic E-state index is -0.758. The van der Waals surface area contributed by atoms with Crippen molar-refractivity contribution < 1.29 is 9.90 Å². The molecule has 0 radical (unpaired) electrons. The Morgan fingerprint density at radius 3 is 2.23 bits per heavy atom. The van der Waals surface area contributed by atoms with Crippen molar-refractivity contribution in [1.82, 2.24) is 5.32 Å². The average Bonchev–Trinajstić information content (AvgIpc) is 2.54. The van der Waals surface area contributed by atoms with E-state index in [-0.39, 0.29) is 18.5 Å². The van der Waals surface area contributed by atoms with Crippen LogP contribution in [0.2, 0.25) is 0 Å². The van der Waals surface area contributed by atoms with Gasteiger partial charge in [0, 0.05) is 12.1 Å². The zero-order chi connectivity index (χ0) is 15.8. The fraction of sp³-hybridized carbons (Fsp3) is 0.316. The summed E-state index contributed by atoms with van der Waals surface area (Å²) >= 11 is 0. The monoisotopic (exact) mass is 297 g/mol. The molecule has 2 aromatic rings. The van der Waals surface area contributed by atoms with Gasteiger partial charge in [-0.25, -0.2) is 0 Å². The van der Waals surface area contributed by atoms with Crippen molar-refractivity contribution in [2.24, 2.45) is 0 Å². The minimum Gasteiger partial charge on any atom is -0.481 e. The third-order valence-corrected chi connectivity index (χ3v) is 3.83. The summed E-state index contributed by atoms with van der Waals surface area (Å²) in [6.45, 7) is 2.08. The molecule has 3 heteroatoms. The van der Waals surface area contributed by atoms with E-state index in [1.165, 1.54) is 11.1 Å². The summed E-state index contributed by atoms with van der Waals surface area (Å²) in [6, 6.07) is 20.4. The molecule has 22 heavy (non-hydrogen) atoms. The van der Waals surface area contributed by atoms with Crippen molar-refractivity contribution in [3.63, 3.8) is 0 Å². The highest BCUT2D eigenvalue weighted by Gasteiger charge is 2.16. The topological polar surface area (TPSA) is 49.3 Å². The van der Waals surface area contributed by atoms with Crippen molar-refractivity contribution in [2.75, 3.05) is 0 Å². The molecule has 2 N–H and O–H groups in total. The van der Waals surface area contributed by atoms with Gasteiger partial charge in [-0.3, -0.25) is 4.79 Å². The molecule has 3 nitrogen and oxygen atoms in total. The number of benzene rings is 2. The molecule has 0 aliphatic heterocycles. The Morgan fingerprint density at radius 1 is 1.05 bits per heavy atom. The first kappa shape index (κ1) is 16.2. The number of nitrogens with one attached hydrogen (secondary N) is 1. The van der Waals surface area contributed by atoms with Crippen LogP contribution in [0.3, 0.4) is 0 Å². The van der Waals surface area contributed by atoms with Crippen LogP contribution in [0, 0.1) is 0 Å². The van der Waals surface area contributed by atoms with E-state index in [2.05, 4.69) is 36.5 Å². The molecule has 0 saturated heterocycles. The molecule has 0 aliphatic rings. The quantitative estimate of drug-likeness (QED) is 0.779. The Labute approximate surface area is 132 Å². The summed E-state index contributed by atoms with van der Waals surface area (Å²) in [5.74, 6) is -0.758. The number of aliphatic carboxylic acids is 1. The van der Waals surface area contributed by atoms with Gasteiger partial charge in [0.2, 0.25) is 0 Å². The molecule has 2 atom stereocenters. The lowest BCUT2D eigenvalue weighted by molar-refractivity contribution is -0.137. The third kappa shape index (κ3) is 5.34. The molecule has 0 aliphatic carbocycles. The van der Waals surface area contributed by atoms with Gasteiger partial charge in [0.05, 0.1) is 6.42 Å². The maximum absolute atomic E-state index is 11.1. The first-order chi connectivity index (χ1) is 10.6. The third-order valence-electron chi connectivity index (χ3n) is 3.83. The molecule has 0 fully saturated rings. The van der Waals surface area contributed by atoms with Gasteiger partial charge in [-0.15, -0.1) is 0 Å². The molecule has 2 aromatic carbocycles. The number of rotatable bonds is 8. The highest BCUT2D eigenvalue weighted by atomic mass is 16.4. The van der Waals surface area contributed by atoms with Crippen LogP contribution in [0.5, 0.6) is 0 Å². The molecule has 1 unspecified atom stereocenters. The maximum atomic E-state index is 11.1. The highest BCUT2D eigenvalue weighted by Crippen LogP contribution is 2.15. The van der Waals surface area contributed by atoms with E-state index in [4.69, 9.17) is 5.11 Å². The van der Waals surface area contributed by atoms with Crippen LogP contribution in [-0.4, -0.2) is 17.1 Å². The maximum Gasteiger partial charge on any atom is 0.304 e. The molecule has 116 valence electrons. The van der Waals surface area contributed by atoms with Crippen molar-refractivity contribution in [1.29, 1.82) is 0 Å². The molecule has 0 bridgehead atoms. The molecular weight excluding hydrogens is 274 g/mol. The van der Waals surface area contributed by atoms with E-state index in [0.717, 1.165) is 12.8 Å². The summed E-state index contributed by atoms with van der Waals surface area (Å²) in [7, 11) is 0. The van der Waals surface area contributed by atoms with Crippen molar-refractivity contribution >= 4 is 5.97 Å². The predicted molar refractivity (Wildman–Crippen MR) is 88.8 cm³/mol. The van der Waals surface area contributed by atoms with Gasteiger partial charge in [-0.1, -0.05) is 60.7 Å². The SMILES string of the molecule is C[C@H](NC(CCc1ccccc1)CC(=O)O)c1ccccc1. The zero-order valence-corrected chi connectivity index (χ0v) is 12.9. The standard InChI is InChI=1S/C19H23NO2/c1-15(17-10-6-3-7-11-17)20-18(14-19(21)22)13-12-16-8-4-2-5-9-16/h2-11,15,18,20H,12-14H2,1H3,(H,21,22)/t15-,18?/m0/s1. The number of carboxylic acids is 1. The average molecular weight is 297 g/mol. The fourth-order valence-electron chi connectivity index (χ4n) is 2.63. The molecule has 2 rings (SSSR count). The van der Waals surface area contributed by atoms with E-state index in [1.54, 1.807) is 0 Å². The summed E-state index contributed by atoms with van der Waals surface area (Å²) < 4.78 is 0. The summed E-state index contributed by atoms with van der Waals surface area (Å²) in [5, 5.41) is 12.6. The number of hydrogen-bond donors (Lipinski definition) is 2. The van der Waals surface area contributed by atoms with Crippen molar-refractivity contribution in [3.05, 3.63) is 71.8 Å². The second-order valence-corrected chi connectivity index (χ2v) is 5.62. The second-order valence-electron chi connectivity index (χ2n) is 5.62.